The Balaban J connectivity index is 3.33. The maximum absolute atomic E-state index is 11.0. The van der Waals surface area contributed by atoms with E-state index in [0.29, 0.717) is 25.7 Å². The van der Waals surface area contributed by atoms with Crippen molar-refractivity contribution in [3.8, 4) is 0 Å². The van der Waals surface area contributed by atoms with Gasteiger partial charge in [-0.2, -0.15) is 0 Å². The van der Waals surface area contributed by atoms with Crippen LogP contribution in [0, 0.1) is 0 Å². The smallest absolute Gasteiger partial charge is 0.305 e. The molecule has 4 nitrogen and oxygen atoms in total. The molecule has 4 heteroatoms. The second kappa shape index (κ2) is 18.2. The third-order valence-electron chi connectivity index (χ3n) is 4.91. The normalized spacial score (nSPS) is 13.6. The summed E-state index contributed by atoms with van der Waals surface area (Å²) in [5.41, 5.74) is 0. The van der Waals surface area contributed by atoms with Gasteiger partial charge >= 0.3 is 5.97 Å². The van der Waals surface area contributed by atoms with Crippen LogP contribution in [0.1, 0.15) is 110 Å². The molecular weight excluding hydrogens is 316 g/mol. The van der Waals surface area contributed by atoms with Gasteiger partial charge in [-0.3, -0.25) is 4.79 Å². The second-order valence-corrected chi connectivity index (χ2v) is 7.28. The fourth-order valence-corrected chi connectivity index (χ4v) is 3.14. The zero-order valence-electron chi connectivity index (χ0n) is 16.7. The number of hydrogen-bond acceptors (Lipinski definition) is 4. The van der Waals surface area contributed by atoms with Crippen molar-refractivity contribution in [3.05, 3.63) is 0 Å². The van der Waals surface area contributed by atoms with Gasteiger partial charge in [-0.1, -0.05) is 84.0 Å². The Labute approximate surface area is 155 Å². The molecule has 0 aliphatic heterocycles. The van der Waals surface area contributed by atoms with Crippen LogP contribution in [-0.2, 0) is 9.53 Å². The number of hydrogen-bond donors (Lipinski definition) is 2. The van der Waals surface area contributed by atoms with E-state index in [2.05, 4.69) is 11.7 Å². The van der Waals surface area contributed by atoms with Crippen LogP contribution >= 0.6 is 0 Å². The predicted molar refractivity (Wildman–Crippen MR) is 104 cm³/mol. The molecule has 0 aromatic rings. The van der Waals surface area contributed by atoms with Crippen molar-refractivity contribution >= 4 is 5.97 Å². The fraction of sp³-hybridized carbons (Fsp3) is 0.952. The topological polar surface area (TPSA) is 66.8 Å². The highest BCUT2D eigenvalue weighted by atomic mass is 16.5. The molecule has 0 aromatic carbocycles. The van der Waals surface area contributed by atoms with E-state index in [0.717, 1.165) is 12.8 Å². The van der Waals surface area contributed by atoms with E-state index < -0.39 is 12.2 Å². The molecule has 25 heavy (non-hydrogen) atoms. The summed E-state index contributed by atoms with van der Waals surface area (Å²) in [5.74, 6) is -0.261. The molecule has 2 unspecified atom stereocenters. The zero-order valence-corrected chi connectivity index (χ0v) is 16.7. The van der Waals surface area contributed by atoms with Gasteiger partial charge in [0.15, 0.2) is 0 Å². The Morgan fingerprint density at radius 3 is 1.56 bits per heavy atom. The molecule has 2 atom stereocenters. The van der Waals surface area contributed by atoms with Crippen LogP contribution in [0.2, 0.25) is 0 Å². The molecule has 0 saturated heterocycles. The highest BCUT2D eigenvalue weighted by Gasteiger charge is 2.16. The Bertz CT molecular complexity index is 294. The van der Waals surface area contributed by atoms with Crippen molar-refractivity contribution in [2.24, 2.45) is 0 Å². The number of rotatable bonds is 18. The zero-order chi connectivity index (χ0) is 18.8. The molecule has 0 aliphatic rings. The van der Waals surface area contributed by atoms with E-state index >= 15 is 0 Å². The third-order valence-corrected chi connectivity index (χ3v) is 4.91. The van der Waals surface area contributed by atoms with E-state index in [1.54, 1.807) is 0 Å². The van der Waals surface area contributed by atoms with Gasteiger partial charge in [0.05, 0.1) is 19.3 Å². The van der Waals surface area contributed by atoms with E-state index in [1.807, 2.05) is 0 Å². The Hall–Kier alpha value is -0.610. The standard InChI is InChI=1S/C21H42O4/c1-3-4-5-6-7-8-9-10-11-12-13-14-16-19(22)20(23)17-15-18-21(24)25-2/h19-20,22-23H,3-18H2,1-2H3. The van der Waals surface area contributed by atoms with Crippen LogP contribution in [0.15, 0.2) is 0 Å². The second-order valence-electron chi connectivity index (χ2n) is 7.28. The molecule has 150 valence electrons. The van der Waals surface area contributed by atoms with Crippen LogP contribution in [0.3, 0.4) is 0 Å². The highest BCUT2D eigenvalue weighted by Crippen LogP contribution is 2.15. The first-order valence-electron chi connectivity index (χ1n) is 10.5. The first kappa shape index (κ1) is 24.4. The lowest BCUT2D eigenvalue weighted by atomic mass is 10.0. The lowest BCUT2D eigenvalue weighted by Gasteiger charge is -2.17. The lowest BCUT2D eigenvalue weighted by Crippen LogP contribution is -2.25. The Kier molecular flexibility index (Phi) is 17.7. The quantitative estimate of drug-likeness (QED) is 0.263. The summed E-state index contributed by atoms with van der Waals surface area (Å²) in [6, 6.07) is 0. The summed E-state index contributed by atoms with van der Waals surface area (Å²) in [5, 5.41) is 19.8. The fourth-order valence-electron chi connectivity index (χ4n) is 3.14. The minimum Gasteiger partial charge on any atom is -0.469 e. The van der Waals surface area contributed by atoms with Gasteiger partial charge < -0.3 is 14.9 Å². The first-order valence-corrected chi connectivity index (χ1v) is 10.5. The first-order chi connectivity index (χ1) is 12.1. The average Bonchev–Trinajstić information content (AvgIpc) is 2.62. The summed E-state index contributed by atoms with van der Waals surface area (Å²) in [6.45, 7) is 2.25. The molecule has 0 rings (SSSR count). The summed E-state index contributed by atoms with van der Waals surface area (Å²) < 4.78 is 4.56. The van der Waals surface area contributed by atoms with Crippen molar-refractivity contribution in [1.29, 1.82) is 0 Å². The SMILES string of the molecule is CCCCCCCCCCCCCCC(O)C(O)CCCC(=O)OC. The third kappa shape index (κ3) is 16.6. The van der Waals surface area contributed by atoms with Gasteiger partial charge in [-0.25, -0.2) is 0 Å². The predicted octanol–water partition coefficient (Wildman–Crippen LogP) is 5.14. The number of esters is 1. The maximum atomic E-state index is 11.0. The number of methoxy groups -OCH3 is 1. The number of aliphatic hydroxyl groups is 2. The molecule has 0 heterocycles. The maximum Gasteiger partial charge on any atom is 0.305 e. The molecule has 0 spiro atoms. The van der Waals surface area contributed by atoms with Crippen LogP contribution in [0.5, 0.6) is 0 Å². The van der Waals surface area contributed by atoms with Gasteiger partial charge in [0.2, 0.25) is 0 Å². The molecule has 0 radical (unpaired) electrons. The number of carbonyl (C=O) groups excluding carboxylic acids is 1. The number of unbranched alkanes of at least 4 members (excludes halogenated alkanes) is 11. The minimum atomic E-state index is -0.725. The molecule has 0 amide bonds. The monoisotopic (exact) mass is 358 g/mol. The molecule has 0 bridgehead atoms. The van der Waals surface area contributed by atoms with E-state index in [1.165, 1.54) is 71.3 Å². The minimum absolute atomic E-state index is 0.261. The molecule has 0 aliphatic carbocycles. The van der Waals surface area contributed by atoms with Gasteiger partial charge in [0, 0.05) is 6.42 Å². The van der Waals surface area contributed by atoms with Crippen molar-refractivity contribution in [2.45, 2.75) is 122 Å². The largest absolute Gasteiger partial charge is 0.469 e. The van der Waals surface area contributed by atoms with E-state index in [-0.39, 0.29) is 5.97 Å². The van der Waals surface area contributed by atoms with Gasteiger partial charge in [0.1, 0.15) is 0 Å². The van der Waals surface area contributed by atoms with E-state index in [9.17, 15) is 15.0 Å². The average molecular weight is 359 g/mol. The van der Waals surface area contributed by atoms with Crippen LogP contribution in [-0.4, -0.2) is 35.5 Å². The summed E-state index contributed by atoms with van der Waals surface area (Å²) in [7, 11) is 1.36. The molecule has 0 saturated carbocycles. The molecule has 0 aromatic heterocycles. The van der Waals surface area contributed by atoms with Gasteiger partial charge in [-0.15, -0.1) is 0 Å². The van der Waals surface area contributed by atoms with Gasteiger partial charge in [0.25, 0.3) is 0 Å². The summed E-state index contributed by atoms with van der Waals surface area (Å²) in [4.78, 5) is 11.0. The van der Waals surface area contributed by atoms with Gasteiger partial charge in [-0.05, 0) is 19.3 Å². The van der Waals surface area contributed by atoms with Crippen molar-refractivity contribution < 1.29 is 19.7 Å². The highest BCUT2D eigenvalue weighted by molar-refractivity contribution is 5.68. The Morgan fingerprint density at radius 1 is 0.720 bits per heavy atom. The lowest BCUT2D eigenvalue weighted by molar-refractivity contribution is -0.140. The van der Waals surface area contributed by atoms with E-state index in [4.69, 9.17) is 0 Å². The van der Waals surface area contributed by atoms with Crippen LogP contribution in [0.4, 0.5) is 0 Å². The number of aliphatic hydroxyl groups excluding tert-OH is 2. The molecule has 2 N–H and O–H groups in total. The Morgan fingerprint density at radius 2 is 1.12 bits per heavy atom. The summed E-state index contributed by atoms with van der Waals surface area (Å²) in [6.07, 6.45) is 16.1. The summed E-state index contributed by atoms with van der Waals surface area (Å²) >= 11 is 0. The molecular formula is C21H42O4. The van der Waals surface area contributed by atoms with Crippen molar-refractivity contribution in [3.63, 3.8) is 0 Å². The number of carbonyl (C=O) groups is 1. The van der Waals surface area contributed by atoms with Crippen molar-refractivity contribution in [2.75, 3.05) is 7.11 Å². The van der Waals surface area contributed by atoms with Crippen molar-refractivity contribution in [1.82, 2.24) is 0 Å². The molecule has 0 fully saturated rings. The number of ether oxygens (including phenoxy) is 1. The van der Waals surface area contributed by atoms with Crippen LogP contribution in [0.25, 0.3) is 0 Å². The van der Waals surface area contributed by atoms with Crippen LogP contribution < -0.4 is 0 Å².